The van der Waals surface area contributed by atoms with Crippen LogP contribution in [0.3, 0.4) is 0 Å². The number of benzene rings is 1. The van der Waals surface area contributed by atoms with E-state index in [0.717, 1.165) is 6.07 Å². The van der Waals surface area contributed by atoms with E-state index in [-0.39, 0.29) is 30.6 Å². The monoisotopic (exact) mass is 266 g/mol. The van der Waals surface area contributed by atoms with Crippen molar-refractivity contribution in [2.24, 2.45) is 0 Å². The van der Waals surface area contributed by atoms with Crippen LogP contribution in [-0.2, 0) is 9.59 Å². The van der Waals surface area contributed by atoms with Crippen LogP contribution in [0.25, 0.3) is 0 Å². The molecule has 0 aromatic heterocycles. The molecule has 0 saturated carbocycles. The number of rotatable bonds is 3. The van der Waals surface area contributed by atoms with E-state index in [4.69, 9.17) is 5.73 Å². The van der Waals surface area contributed by atoms with Crippen LogP contribution in [0.5, 0.6) is 0 Å². The Morgan fingerprint density at radius 2 is 2.32 bits per heavy atom. The predicted octanol–water partition coefficient (Wildman–Crippen LogP) is -0.222. The average Bonchev–Trinajstić information content (AvgIpc) is 2.33. The first kappa shape index (κ1) is 13.3. The van der Waals surface area contributed by atoms with Crippen LogP contribution in [-0.4, -0.2) is 42.9 Å². The third-order valence-electron chi connectivity index (χ3n) is 2.77. The Hall–Kier alpha value is -2.15. The molecule has 4 N–H and O–H groups in total. The maximum atomic E-state index is 12.9. The van der Waals surface area contributed by atoms with Gasteiger partial charge in [-0.3, -0.25) is 14.5 Å². The maximum absolute atomic E-state index is 12.9. The van der Waals surface area contributed by atoms with Crippen molar-refractivity contribution in [1.82, 2.24) is 10.2 Å². The van der Waals surface area contributed by atoms with E-state index in [1.54, 1.807) is 4.90 Å². The maximum Gasteiger partial charge on any atom is 0.238 e. The fourth-order valence-electron chi connectivity index (χ4n) is 1.87. The van der Waals surface area contributed by atoms with E-state index < -0.39 is 5.82 Å². The van der Waals surface area contributed by atoms with E-state index in [0.29, 0.717) is 18.8 Å². The molecule has 1 aliphatic heterocycles. The highest BCUT2D eigenvalue weighted by Crippen LogP contribution is 2.18. The Morgan fingerprint density at radius 1 is 1.53 bits per heavy atom. The van der Waals surface area contributed by atoms with Crippen molar-refractivity contribution in [3.8, 4) is 0 Å². The van der Waals surface area contributed by atoms with Gasteiger partial charge in [-0.25, -0.2) is 4.39 Å². The summed E-state index contributed by atoms with van der Waals surface area (Å²) < 4.78 is 12.9. The minimum Gasteiger partial charge on any atom is -0.397 e. The topological polar surface area (TPSA) is 87.5 Å². The first-order valence-corrected chi connectivity index (χ1v) is 5.88. The van der Waals surface area contributed by atoms with Gasteiger partial charge in [-0.05, 0) is 18.2 Å². The molecule has 19 heavy (non-hydrogen) atoms. The summed E-state index contributed by atoms with van der Waals surface area (Å²) in [5.74, 6) is -0.837. The second kappa shape index (κ2) is 5.66. The summed E-state index contributed by atoms with van der Waals surface area (Å²) in [6.45, 7) is 1.46. The molecule has 2 amide bonds. The van der Waals surface area contributed by atoms with Crippen LogP contribution in [0.4, 0.5) is 15.8 Å². The molecule has 1 heterocycles. The average molecular weight is 266 g/mol. The van der Waals surface area contributed by atoms with Crippen molar-refractivity contribution in [3.63, 3.8) is 0 Å². The highest BCUT2D eigenvalue weighted by molar-refractivity contribution is 5.95. The highest BCUT2D eigenvalue weighted by Gasteiger charge is 2.18. The summed E-state index contributed by atoms with van der Waals surface area (Å²) in [7, 11) is 0. The van der Waals surface area contributed by atoms with E-state index in [1.807, 2.05) is 0 Å². The Labute approximate surface area is 109 Å². The molecule has 2 rings (SSSR count). The van der Waals surface area contributed by atoms with Gasteiger partial charge in [0, 0.05) is 13.1 Å². The van der Waals surface area contributed by atoms with Crippen molar-refractivity contribution in [2.75, 3.05) is 37.2 Å². The van der Waals surface area contributed by atoms with Crippen molar-refractivity contribution in [3.05, 3.63) is 24.0 Å². The second-order valence-electron chi connectivity index (χ2n) is 4.34. The Bertz CT molecular complexity index is 507. The number of halogens is 1. The van der Waals surface area contributed by atoms with Crippen molar-refractivity contribution < 1.29 is 14.0 Å². The van der Waals surface area contributed by atoms with Gasteiger partial charge in [0.1, 0.15) is 5.82 Å². The van der Waals surface area contributed by atoms with Gasteiger partial charge in [-0.1, -0.05) is 0 Å². The molecule has 1 saturated heterocycles. The van der Waals surface area contributed by atoms with Crippen molar-refractivity contribution >= 4 is 23.2 Å². The normalized spacial score (nSPS) is 15.9. The molecule has 1 aromatic carbocycles. The zero-order valence-corrected chi connectivity index (χ0v) is 10.3. The number of amides is 2. The zero-order valence-electron chi connectivity index (χ0n) is 10.3. The minimum absolute atomic E-state index is 0.0969. The molecule has 0 unspecified atom stereocenters. The van der Waals surface area contributed by atoms with Crippen LogP contribution in [0.15, 0.2) is 18.2 Å². The van der Waals surface area contributed by atoms with Gasteiger partial charge in [0.2, 0.25) is 11.8 Å². The van der Waals surface area contributed by atoms with E-state index in [9.17, 15) is 14.0 Å². The lowest BCUT2D eigenvalue weighted by Gasteiger charge is -2.25. The van der Waals surface area contributed by atoms with Crippen LogP contribution in [0.1, 0.15) is 0 Å². The molecule has 102 valence electrons. The third kappa shape index (κ3) is 3.65. The number of nitrogens with two attached hydrogens (primary N) is 1. The molecular formula is C12H15FN4O2. The molecule has 1 fully saturated rings. The Morgan fingerprint density at radius 3 is 3.00 bits per heavy atom. The number of piperazine rings is 1. The van der Waals surface area contributed by atoms with Gasteiger partial charge in [0.15, 0.2) is 0 Å². The van der Waals surface area contributed by atoms with Crippen LogP contribution in [0, 0.1) is 5.82 Å². The molecule has 0 radical (unpaired) electrons. The molecule has 1 aliphatic rings. The largest absolute Gasteiger partial charge is 0.397 e. The smallest absolute Gasteiger partial charge is 0.238 e. The number of carbonyl (C=O) groups is 2. The van der Waals surface area contributed by atoms with Crippen molar-refractivity contribution in [2.45, 2.75) is 0 Å². The Balaban J connectivity index is 1.92. The van der Waals surface area contributed by atoms with Crippen LogP contribution in [0.2, 0.25) is 0 Å². The van der Waals surface area contributed by atoms with E-state index in [2.05, 4.69) is 10.6 Å². The third-order valence-corrected chi connectivity index (χ3v) is 2.77. The molecule has 6 nitrogen and oxygen atoms in total. The predicted molar refractivity (Wildman–Crippen MR) is 68.9 cm³/mol. The number of carbonyl (C=O) groups excluding carboxylic acids is 2. The summed E-state index contributed by atoms with van der Waals surface area (Å²) in [4.78, 5) is 24.7. The summed E-state index contributed by atoms with van der Waals surface area (Å²) in [6, 6.07) is 3.77. The van der Waals surface area contributed by atoms with Gasteiger partial charge in [0.05, 0.1) is 24.5 Å². The fraction of sp³-hybridized carbons (Fsp3) is 0.333. The standard InChI is InChI=1S/C12H15FN4O2/c13-8-1-2-10(9(14)5-8)16-12(19)7-17-4-3-15-11(18)6-17/h1-2,5H,3-4,6-7,14H2,(H,15,18)(H,16,19). The summed E-state index contributed by atoms with van der Waals surface area (Å²) >= 11 is 0. The SMILES string of the molecule is Nc1cc(F)ccc1NC(=O)CN1CCNC(=O)C1. The zero-order chi connectivity index (χ0) is 13.8. The number of hydrogen-bond donors (Lipinski definition) is 3. The molecule has 1 aromatic rings. The van der Waals surface area contributed by atoms with Gasteiger partial charge in [0.25, 0.3) is 0 Å². The lowest BCUT2D eigenvalue weighted by Crippen LogP contribution is -2.49. The number of anilines is 2. The second-order valence-corrected chi connectivity index (χ2v) is 4.34. The lowest BCUT2D eigenvalue weighted by molar-refractivity contribution is -0.125. The van der Waals surface area contributed by atoms with E-state index >= 15 is 0 Å². The number of nitrogens with zero attached hydrogens (tertiary/aromatic N) is 1. The van der Waals surface area contributed by atoms with Gasteiger partial charge in [-0.2, -0.15) is 0 Å². The first-order valence-electron chi connectivity index (χ1n) is 5.88. The fourth-order valence-corrected chi connectivity index (χ4v) is 1.87. The molecule has 7 heteroatoms. The molecule has 0 bridgehead atoms. The lowest BCUT2D eigenvalue weighted by atomic mass is 10.2. The Kier molecular flexibility index (Phi) is 3.96. The molecule has 0 spiro atoms. The summed E-state index contributed by atoms with van der Waals surface area (Å²) in [6.07, 6.45) is 0. The van der Waals surface area contributed by atoms with Gasteiger partial charge >= 0.3 is 0 Å². The number of nitrogen functional groups attached to an aromatic ring is 1. The van der Waals surface area contributed by atoms with Crippen LogP contribution >= 0.6 is 0 Å². The number of nitrogens with one attached hydrogen (secondary N) is 2. The van der Waals surface area contributed by atoms with Crippen molar-refractivity contribution in [1.29, 1.82) is 0 Å². The number of hydrogen-bond acceptors (Lipinski definition) is 4. The molecule has 0 atom stereocenters. The highest BCUT2D eigenvalue weighted by atomic mass is 19.1. The molecule has 0 aliphatic carbocycles. The first-order chi connectivity index (χ1) is 9.04. The van der Waals surface area contributed by atoms with Gasteiger partial charge < -0.3 is 16.4 Å². The minimum atomic E-state index is -0.455. The summed E-state index contributed by atoms with van der Waals surface area (Å²) in [5.41, 5.74) is 6.13. The summed E-state index contributed by atoms with van der Waals surface area (Å²) in [5, 5.41) is 5.27. The molecular weight excluding hydrogens is 251 g/mol. The van der Waals surface area contributed by atoms with Crippen LogP contribution < -0.4 is 16.4 Å². The van der Waals surface area contributed by atoms with E-state index in [1.165, 1.54) is 12.1 Å². The quantitative estimate of drug-likeness (QED) is 0.660. The van der Waals surface area contributed by atoms with Gasteiger partial charge in [-0.15, -0.1) is 0 Å².